The molecular weight excluding hydrogens is 276 g/mol. The van der Waals surface area contributed by atoms with Gasteiger partial charge in [0, 0.05) is 13.3 Å². The van der Waals surface area contributed by atoms with Gasteiger partial charge in [-0.2, -0.15) is 0 Å². The third kappa shape index (κ3) is 5.06. The summed E-state index contributed by atoms with van der Waals surface area (Å²) in [7, 11) is -3.57. The van der Waals surface area contributed by atoms with Gasteiger partial charge in [-0.25, -0.2) is 8.42 Å². The van der Waals surface area contributed by atoms with Crippen molar-refractivity contribution in [2.75, 3.05) is 5.75 Å². The summed E-state index contributed by atoms with van der Waals surface area (Å²) >= 11 is 0. The van der Waals surface area contributed by atoms with Crippen molar-refractivity contribution < 1.29 is 17.9 Å². The van der Waals surface area contributed by atoms with Gasteiger partial charge in [0.2, 0.25) is 0 Å². The van der Waals surface area contributed by atoms with E-state index in [1.54, 1.807) is 12.1 Å². The van der Waals surface area contributed by atoms with Gasteiger partial charge in [-0.15, -0.1) is 5.92 Å². The predicted molar refractivity (Wildman–Crippen MR) is 77.1 cm³/mol. The Bertz CT molecular complexity index is 621. The van der Waals surface area contributed by atoms with Gasteiger partial charge in [0.05, 0.1) is 0 Å². The van der Waals surface area contributed by atoms with Crippen molar-refractivity contribution in [3.63, 3.8) is 0 Å². The van der Waals surface area contributed by atoms with E-state index in [1.165, 1.54) is 19.1 Å². The standard InChI is InChI=1S/C15H18O4S/c1-3-4-5-6-9-12-20(17,18)15-11-8-7-10-14(15)19-13(2)16/h7-8,10-11H,3-5,12H2,1-2H3. The van der Waals surface area contributed by atoms with Crippen molar-refractivity contribution in [3.05, 3.63) is 24.3 Å². The zero-order chi connectivity index (χ0) is 15.0. The molecule has 0 atom stereocenters. The van der Waals surface area contributed by atoms with Gasteiger partial charge >= 0.3 is 5.97 Å². The van der Waals surface area contributed by atoms with E-state index in [-0.39, 0.29) is 16.4 Å². The number of hydrogen-bond acceptors (Lipinski definition) is 4. The van der Waals surface area contributed by atoms with Gasteiger partial charge < -0.3 is 4.74 Å². The van der Waals surface area contributed by atoms with Gasteiger partial charge in [0.25, 0.3) is 0 Å². The number of sulfone groups is 1. The summed E-state index contributed by atoms with van der Waals surface area (Å²) in [6.07, 6.45) is 2.67. The van der Waals surface area contributed by atoms with Crippen LogP contribution in [0.25, 0.3) is 0 Å². The number of unbranched alkanes of at least 4 members (excludes halogenated alkanes) is 2. The smallest absolute Gasteiger partial charge is 0.308 e. The summed E-state index contributed by atoms with van der Waals surface area (Å²) in [5, 5.41) is 0. The molecule has 0 aliphatic carbocycles. The number of carbonyl (C=O) groups is 1. The first-order valence-corrected chi connectivity index (χ1v) is 8.08. The summed E-state index contributed by atoms with van der Waals surface area (Å²) in [6, 6.07) is 6.08. The minimum atomic E-state index is -3.57. The highest BCUT2D eigenvalue weighted by Gasteiger charge is 2.19. The highest BCUT2D eigenvalue weighted by Crippen LogP contribution is 2.24. The van der Waals surface area contributed by atoms with E-state index in [0.717, 1.165) is 12.8 Å². The molecule has 0 aromatic heterocycles. The van der Waals surface area contributed by atoms with Crippen molar-refractivity contribution in [1.82, 2.24) is 0 Å². The Morgan fingerprint density at radius 2 is 1.95 bits per heavy atom. The number of benzene rings is 1. The van der Waals surface area contributed by atoms with Crippen molar-refractivity contribution >= 4 is 15.8 Å². The van der Waals surface area contributed by atoms with Crippen LogP contribution in [0, 0.1) is 11.8 Å². The quantitative estimate of drug-likeness (QED) is 0.362. The van der Waals surface area contributed by atoms with Crippen LogP contribution in [0.5, 0.6) is 5.75 Å². The second-order valence-electron chi connectivity index (χ2n) is 4.26. The first-order chi connectivity index (χ1) is 9.47. The molecular formula is C15H18O4S. The fraction of sp³-hybridized carbons (Fsp3) is 0.400. The predicted octanol–water partition coefficient (Wildman–Crippen LogP) is 2.58. The molecule has 1 aromatic rings. The lowest BCUT2D eigenvalue weighted by molar-refractivity contribution is -0.132. The molecule has 0 saturated heterocycles. The SMILES string of the molecule is CCCCC#CCS(=O)(=O)c1ccccc1OC(C)=O. The van der Waals surface area contributed by atoms with Crippen LogP contribution in [0.15, 0.2) is 29.2 Å². The molecule has 1 aromatic carbocycles. The number of hydrogen-bond donors (Lipinski definition) is 0. The van der Waals surface area contributed by atoms with E-state index in [9.17, 15) is 13.2 Å². The number of rotatable bonds is 5. The summed E-state index contributed by atoms with van der Waals surface area (Å²) < 4.78 is 29.3. The summed E-state index contributed by atoms with van der Waals surface area (Å²) in [6.45, 7) is 3.28. The Labute approximate surface area is 120 Å². The van der Waals surface area contributed by atoms with Gasteiger partial charge in [0.1, 0.15) is 16.4 Å². The minimum absolute atomic E-state index is 0.00000785. The van der Waals surface area contributed by atoms with Gasteiger partial charge in [0.15, 0.2) is 9.84 Å². The molecule has 108 valence electrons. The molecule has 0 saturated carbocycles. The molecule has 5 heteroatoms. The number of para-hydroxylation sites is 1. The summed E-state index contributed by atoms with van der Waals surface area (Å²) in [5.41, 5.74) is 0. The van der Waals surface area contributed by atoms with Crippen LogP contribution < -0.4 is 4.74 Å². The van der Waals surface area contributed by atoms with E-state index in [1.807, 2.05) is 6.92 Å². The Hall–Kier alpha value is -1.80. The van der Waals surface area contributed by atoms with Crippen molar-refractivity contribution in [3.8, 4) is 17.6 Å². The van der Waals surface area contributed by atoms with Gasteiger partial charge in [-0.05, 0) is 18.6 Å². The fourth-order valence-electron chi connectivity index (χ4n) is 1.52. The average molecular weight is 294 g/mol. The van der Waals surface area contributed by atoms with Crippen LogP contribution in [0.2, 0.25) is 0 Å². The van der Waals surface area contributed by atoms with Crippen LogP contribution in [0.1, 0.15) is 33.1 Å². The maximum absolute atomic E-state index is 12.2. The molecule has 0 spiro atoms. The molecule has 1 rings (SSSR count). The molecule has 0 unspecified atom stereocenters. The molecule has 0 radical (unpaired) electrons. The van der Waals surface area contributed by atoms with E-state index < -0.39 is 15.8 Å². The number of ether oxygens (including phenoxy) is 1. The monoisotopic (exact) mass is 294 g/mol. The maximum atomic E-state index is 12.2. The highest BCUT2D eigenvalue weighted by atomic mass is 32.2. The molecule has 0 aliphatic rings. The number of carbonyl (C=O) groups excluding carboxylic acids is 1. The lowest BCUT2D eigenvalue weighted by Crippen LogP contribution is -2.10. The van der Waals surface area contributed by atoms with Crippen molar-refractivity contribution in [2.45, 2.75) is 38.0 Å². The number of esters is 1. The maximum Gasteiger partial charge on any atom is 0.308 e. The zero-order valence-electron chi connectivity index (χ0n) is 11.7. The van der Waals surface area contributed by atoms with Crippen molar-refractivity contribution in [1.29, 1.82) is 0 Å². The first-order valence-electron chi connectivity index (χ1n) is 6.43. The highest BCUT2D eigenvalue weighted by molar-refractivity contribution is 7.91. The Kier molecular flexibility index (Phi) is 6.26. The molecule has 0 bridgehead atoms. The molecule has 4 nitrogen and oxygen atoms in total. The Balaban J connectivity index is 2.91. The second kappa shape index (κ2) is 7.71. The fourth-order valence-corrected chi connectivity index (χ4v) is 2.67. The summed E-state index contributed by atoms with van der Waals surface area (Å²) in [5.74, 6) is 4.72. The van der Waals surface area contributed by atoms with Crippen molar-refractivity contribution in [2.24, 2.45) is 0 Å². The Morgan fingerprint density at radius 1 is 1.25 bits per heavy atom. The van der Waals surface area contributed by atoms with Crippen LogP contribution in [-0.2, 0) is 14.6 Å². The molecule has 0 N–H and O–H groups in total. The van der Waals surface area contributed by atoms with Crippen LogP contribution in [0.4, 0.5) is 0 Å². The lowest BCUT2D eigenvalue weighted by atomic mass is 10.3. The van der Waals surface area contributed by atoms with Crippen LogP contribution in [0.3, 0.4) is 0 Å². The largest absolute Gasteiger partial charge is 0.425 e. The van der Waals surface area contributed by atoms with Gasteiger partial charge in [-0.1, -0.05) is 31.4 Å². The average Bonchev–Trinajstić information content (AvgIpc) is 2.38. The van der Waals surface area contributed by atoms with E-state index in [0.29, 0.717) is 6.42 Å². The molecule has 0 amide bonds. The minimum Gasteiger partial charge on any atom is -0.425 e. The summed E-state index contributed by atoms with van der Waals surface area (Å²) in [4.78, 5) is 11.0. The Morgan fingerprint density at radius 3 is 2.60 bits per heavy atom. The molecule has 20 heavy (non-hydrogen) atoms. The topological polar surface area (TPSA) is 60.4 Å². The van der Waals surface area contributed by atoms with E-state index in [2.05, 4.69) is 11.8 Å². The molecule has 0 fully saturated rings. The van der Waals surface area contributed by atoms with E-state index >= 15 is 0 Å². The zero-order valence-corrected chi connectivity index (χ0v) is 12.5. The third-order valence-corrected chi connectivity index (χ3v) is 4.01. The normalized spacial score (nSPS) is 10.5. The first kappa shape index (κ1) is 16.3. The van der Waals surface area contributed by atoms with Crippen LogP contribution >= 0.6 is 0 Å². The van der Waals surface area contributed by atoms with Gasteiger partial charge in [-0.3, -0.25) is 4.79 Å². The van der Waals surface area contributed by atoms with E-state index in [4.69, 9.17) is 4.74 Å². The second-order valence-corrected chi connectivity index (χ2v) is 6.21. The third-order valence-electron chi connectivity index (χ3n) is 2.48. The van der Waals surface area contributed by atoms with Crippen LogP contribution in [-0.4, -0.2) is 20.1 Å². The molecule has 0 heterocycles. The molecule has 0 aliphatic heterocycles. The lowest BCUT2D eigenvalue weighted by Gasteiger charge is -2.07.